The average Bonchev–Trinajstić information content (AvgIpc) is 2.49. The topological polar surface area (TPSA) is 49.8 Å². The van der Waals surface area contributed by atoms with Gasteiger partial charge in [0, 0.05) is 17.6 Å². The first-order valence-electron chi connectivity index (χ1n) is 6.88. The van der Waals surface area contributed by atoms with E-state index in [1.807, 2.05) is 24.3 Å². The second-order valence-electron chi connectivity index (χ2n) is 4.73. The number of anilines is 2. The van der Waals surface area contributed by atoms with Crippen molar-refractivity contribution >= 4 is 39.2 Å². The van der Waals surface area contributed by atoms with Gasteiger partial charge < -0.3 is 10.6 Å². The van der Waals surface area contributed by atoms with E-state index in [2.05, 4.69) is 50.4 Å². The van der Waals surface area contributed by atoms with E-state index in [1.54, 1.807) is 6.33 Å². The van der Waals surface area contributed by atoms with Gasteiger partial charge in [0.1, 0.15) is 22.4 Å². The molecule has 0 amide bonds. The van der Waals surface area contributed by atoms with Crippen molar-refractivity contribution in [1.29, 1.82) is 0 Å². The summed E-state index contributed by atoms with van der Waals surface area (Å²) in [6.45, 7) is 5.07. The van der Waals surface area contributed by atoms with Crippen LogP contribution in [0.1, 0.15) is 31.9 Å². The molecule has 4 nitrogen and oxygen atoms in total. The molecule has 1 heterocycles. The van der Waals surface area contributed by atoms with Crippen LogP contribution in [-0.2, 0) is 0 Å². The number of rotatable bonds is 6. The molecule has 0 fully saturated rings. The average molecular weight is 370 g/mol. The quantitative estimate of drug-likeness (QED) is 0.761. The number of aromatic nitrogens is 2. The lowest BCUT2D eigenvalue weighted by molar-refractivity contribution is 0.868. The van der Waals surface area contributed by atoms with Gasteiger partial charge in [-0.3, -0.25) is 0 Å². The van der Waals surface area contributed by atoms with Crippen molar-refractivity contribution in [3.05, 3.63) is 45.7 Å². The number of hydrogen-bond donors (Lipinski definition) is 2. The normalized spacial score (nSPS) is 12.0. The summed E-state index contributed by atoms with van der Waals surface area (Å²) in [5.74, 6) is 1.57. The molecule has 0 radical (unpaired) electrons. The van der Waals surface area contributed by atoms with Gasteiger partial charge in [0.05, 0.1) is 0 Å². The number of benzene rings is 1. The molecule has 0 saturated carbocycles. The molecule has 0 aliphatic heterocycles. The van der Waals surface area contributed by atoms with Gasteiger partial charge in [-0.1, -0.05) is 30.7 Å². The van der Waals surface area contributed by atoms with Crippen molar-refractivity contribution in [2.24, 2.45) is 0 Å². The standard InChI is InChI=1S/C15H18BrClN4/c1-3-8-18-14-13(16)15(20-9-19-14)21-10(2)11-4-6-12(17)7-5-11/h4-7,9-10H,3,8H2,1-2H3,(H2,18,19,20,21). The van der Waals surface area contributed by atoms with Gasteiger partial charge in [0.25, 0.3) is 0 Å². The van der Waals surface area contributed by atoms with Crippen molar-refractivity contribution in [3.63, 3.8) is 0 Å². The number of hydrogen-bond acceptors (Lipinski definition) is 4. The molecule has 0 aliphatic rings. The highest BCUT2D eigenvalue weighted by atomic mass is 79.9. The predicted molar refractivity (Wildman–Crippen MR) is 92.0 cm³/mol. The van der Waals surface area contributed by atoms with Crippen molar-refractivity contribution in [2.75, 3.05) is 17.2 Å². The highest BCUT2D eigenvalue weighted by Crippen LogP contribution is 2.29. The molecule has 112 valence electrons. The van der Waals surface area contributed by atoms with Crippen LogP contribution in [0.5, 0.6) is 0 Å². The van der Waals surface area contributed by atoms with Crippen LogP contribution in [0.4, 0.5) is 11.6 Å². The Bertz CT molecular complexity index is 589. The van der Waals surface area contributed by atoms with Crippen LogP contribution in [-0.4, -0.2) is 16.5 Å². The lowest BCUT2D eigenvalue weighted by atomic mass is 10.1. The Morgan fingerprint density at radius 2 is 1.86 bits per heavy atom. The van der Waals surface area contributed by atoms with E-state index < -0.39 is 0 Å². The van der Waals surface area contributed by atoms with Gasteiger partial charge in [-0.2, -0.15) is 0 Å². The first-order valence-corrected chi connectivity index (χ1v) is 8.05. The van der Waals surface area contributed by atoms with E-state index in [-0.39, 0.29) is 6.04 Å². The van der Waals surface area contributed by atoms with Crippen LogP contribution in [0.2, 0.25) is 5.02 Å². The molecular formula is C15H18BrClN4. The van der Waals surface area contributed by atoms with Gasteiger partial charge in [0.15, 0.2) is 0 Å². The summed E-state index contributed by atoms with van der Waals surface area (Å²) >= 11 is 9.47. The fourth-order valence-corrected chi connectivity index (χ4v) is 2.46. The number of nitrogens with zero attached hydrogens (tertiary/aromatic N) is 2. The smallest absolute Gasteiger partial charge is 0.146 e. The third-order valence-electron chi connectivity index (χ3n) is 3.06. The van der Waals surface area contributed by atoms with Gasteiger partial charge in [-0.15, -0.1) is 0 Å². The number of halogens is 2. The molecular weight excluding hydrogens is 352 g/mol. The fourth-order valence-electron chi connectivity index (χ4n) is 1.88. The fraction of sp³-hybridized carbons (Fsp3) is 0.333. The van der Waals surface area contributed by atoms with E-state index in [0.29, 0.717) is 0 Å². The molecule has 1 aromatic carbocycles. The second kappa shape index (κ2) is 7.61. The Hall–Kier alpha value is -1.33. The largest absolute Gasteiger partial charge is 0.369 e. The lowest BCUT2D eigenvalue weighted by Crippen LogP contribution is -2.10. The highest BCUT2D eigenvalue weighted by molar-refractivity contribution is 9.10. The van der Waals surface area contributed by atoms with Crippen LogP contribution >= 0.6 is 27.5 Å². The maximum Gasteiger partial charge on any atom is 0.146 e. The molecule has 2 N–H and O–H groups in total. The summed E-state index contributed by atoms with van der Waals surface area (Å²) in [6.07, 6.45) is 2.60. The van der Waals surface area contributed by atoms with Crippen LogP contribution in [0.25, 0.3) is 0 Å². The Labute approximate surface area is 138 Å². The van der Waals surface area contributed by atoms with Crippen LogP contribution in [0.3, 0.4) is 0 Å². The second-order valence-corrected chi connectivity index (χ2v) is 5.96. The van der Waals surface area contributed by atoms with E-state index in [4.69, 9.17) is 11.6 Å². The minimum Gasteiger partial charge on any atom is -0.369 e. The Morgan fingerprint density at radius 1 is 1.19 bits per heavy atom. The molecule has 2 aromatic rings. The molecule has 1 atom stereocenters. The van der Waals surface area contributed by atoms with Crippen LogP contribution in [0, 0.1) is 0 Å². The first-order chi connectivity index (χ1) is 10.1. The summed E-state index contributed by atoms with van der Waals surface area (Å²) in [4.78, 5) is 8.54. The third-order valence-corrected chi connectivity index (χ3v) is 4.06. The monoisotopic (exact) mass is 368 g/mol. The van der Waals surface area contributed by atoms with E-state index >= 15 is 0 Å². The van der Waals surface area contributed by atoms with Crippen molar-refractivity contribution in [2.45, 2.75) is 26.3 Å². The Balaban J connectivity index is 2.13. The minimum absolute atomic E-state index is 0.118. The third kappa shape index (κ3) is 4.32. The first kappa shape index (κ1) is 16.0. The van der Waals surface area contributed by atoms with Gasteiger partial charge in [-0.25, -0.2) is 9.97 Å². The van der Waals surface area contributed by atoms with Gasteiger partial charge in [-0.05, 0) is 47.0 Å². The Morgan fingerprint density at radius 3 is 2.52 bits per heavy atom. The zero-order valence-electron chi connectivity index (χ0n) is 12.0. The summed E-state index contributed by atoms with van der Waals surface area (Å²) in [5.41, 5.74) is 1.15. The molecule has 0 bridgehead atoms. The highest BCUT2D eigenvalue weighted by Gasteiger charge is 2.12. The van der Waals surface area contributed by atoms with Crippen molar-refractivity contribution in [3.8, 4) is 0 Å². The molecule has 0 aliphatic carbocycles. The number of nitrogens with one attached hydrogen (secondary N) is 2. The summed E-state index contributed by atoms with van der Waals surface area (Å²) in [5, 5.41) is 7.39. The molecule has 1 unspecified atom stereocenters. The van der Waals surface area contributed by atoms with Gasteiger partial charge in [0.2, 0.25) is 0 Å². The molecule has 6 heteroatoms. The molecule has 0 spiro atoms. The maximum absolute atomic E-state index is 5.91. The van der Waals surface area contributed by atoms with Crippen molar-refractivity contribution < 1.29 is 0 Å². The van der Waals surface area contributed by atoms with E-state index in [9.17, 15) is 0 Å². The van der Waals surface area contributed by atoms with Crippen molar-refractivity contribution in [1.82, 2.24) is 9.97 Å². The summed E-state index contributed by atoms with van der Waals surface area (Å²) < 4.78 is 0.847. The van der Waals surface area contributed by atoms with E-state index in [1.165, 1.54) is 0 Å². The predicted octanol–water partition coefficient (Wildman–Crippen LogP) is 4.89. The van der Waals surface area contributed by atoms with E-state index in [0.717, 1.165) is 39.7 Å². The zero-order valence-corrected chi connectivity index (χ0v) is 14.4. The van der Waals surface area contributed by atoms with Gasteiger partial charge >= 0.3 is 0 Å². The molecule has 21 heavy (non-hydrogen) atoms. The zero-order chi connectivity index (χ0) is 15.2. The maximum atomic E-state index is 5.91. The minimum atomic E-state index is 0.118. The van der Waals surface area contributed by atoms with Crippen LogP contribution in [0.15, 0.2) is 35.1 Å². The molecule has 2 rings (SSSR count). The lowest BCUT2D eigenvalue weighted by Gasteiger charge is -2.17. The summed E-state index contributed by atoms with van der Waals surface area (Å²) in [7, 11) is 0. The summed E-state index contributed by atoms with van der Waals surface area (Å²) in [6, 6.07) is 7.90. The SMILES string of the molecule is CCCNc1ncnc(NC(C)c2ccc(Cl)cc2)c1Br. The molecule has 0 saturated heterocycles. The Kier molecular flexibility index (Phi) is 5.82. The molecule has 1 aromatic heterocycles. The van der Waals surface area contributed by atoms with Crippen LogP contribution < -0.4 is 10.6 Å².